The van der Waals surface area contributed by atoms with Crippen LogP contribution in [0.1, 0.15) is 80.0 Å². The van der Waals surface area contributed by atoms with Crippen LogP contribution in [0, 0.1) is 11.8 Å². The molecule has 256 valence electrons. The molecular formula is C37H52N4O6. The van der Waals surface area contributed by atoms with Crippen molar-refractivity contribution >= 4 is 12.1 Å². The van der Waals surface area contributed by atoms with Crippen LogP contribution in [0.4, 0.5) is 9.59 Å². The third-order valence-electron chi connectivity index (χ3n) is 11.0. The van der Waals surface area contributed by atoms with Crippen molar-refractivity contribution in [3.63, 3.8) is 0 Å². The van der Waals surface area contributed by atoms with E-state index in [0.717, 1.165) is 73.0 Å². The largest absolute Gasteiger partial charge is 0.493 e. The zero-order valence-corrected chi connectivity index (χ0v) is 28.6. The number of rotatable bonds is 8. The number of nitrogens with one attached hydrogen (secondary N) is 2. The van der Waals surface area contributed by atoms with Crippen LogP contribution in [0.15, 0.2) is 24.3 Å². The number of ether oxygens (including phenoxy) is 4. The Kier molecular flexibility index (Phi) is 10.5. The molecule has 0 aromatic heterocycles. The van der Waals surface area contributed by atoms with Crippen molar-refractivity contribution in [3.8, 4) is 23.0 Å². The maximum absolute atomic E-state index is 13.2. The van der Waals surface area contributed by atoms with E-state index < -0.39 is 0 Å². The van der Waals surface area contributed by atoms with Crippen LogP contribution in [-0.2, 0) is 25.9 Å². The third kappa shape index (κ3) is 7.68. The molecule has 2 fully saturated rings. The molecule has 0 spiro atoms. The first-order chi connectivity index (χ1) is 22.9. The summed E-state index contributed by atoms with van der Waals surface area (Å²) >= 11 is 0. The van der Waals surface area contributed by atoms with E-state index in [2.05, 4.69) is 10.6 Å². The summed E-state index contributed by atoms with van der Waals surface area (Å²) in [6.07, 6.45) is 11.8. The molecule has 4 aliphatic rings. The van der Waals surface area contributed by atoms with Gasteiger partial charge in [-0.1, -0.05) is 0 Å². The Morgan fingerprint density at radius 1 is 0.574 bits per heavy atom. The highest BCUT2D eigenvalue weighted by Gasteiger charge is 2.31. The van der Waals surface area contributed by atoms with Gasteiger partial charge in [-0.2, -0.15) is 0 Å². The standard InChI is InChI=1S/C37H52N4O6/c1-44-32-18-26-13-15-40(22-28(26)20-34(32)46-3)36(42)38-30-9-5-24(6-10-30)17-25-7-11-31(12-8-25)39-37(43)41-16-14-27-19-33(45-2)35(47-4)21-29(27)23-41/h18-21,24-25,30-31H,5-17,22-23H2,1-4H3,(H,38,42)(H,39,43). The molecule has 0 bridgehead atoms. The molecular weight excluding hydrogens is 596 g/mol. The monoisotopic (exact) mass is 648 g/mol. The molecule has 0 saturated heterocycles. The molecule has 10 nitrogen and oxygen atoms in total. The van der Waals surface area contributed by atoms with Crippen LogP contribution >= 0.6 is 0 Å². The molecule has 0 radical (unpaired) electrons. The summed E-state index contributed by atoms with van der Waals surface area (Å²) in [5.41, 5.74) is 4.70. The summed E-state index contributed by atoms with van der Waals surface area (Å²) in [5, 5.41) is 6.67. The molecule has 6 rings (SSSR count). The number of methoxy groups -OCH3 is 4. The van der Waals surface area contributed by atoms with E-state index in [1.807, 2.05) is 34.1 Å². The first kappa shape index (κ1) is 33.1. The highest BCUT2D eigenvalue weighted by Crippen LogP contribution is 2.37. The van der Waals surface area contributed by atoms with E-state index in [4.69, 9.17) is 18.9 Å². The van der Waals surface area contributed by atoms with E-state index in [9.17, 15) is 9.59 Å². The van der Waals surface area contributed by atoms with Gasteiger partial charge in [0.2, 0.25) is 0 Å². The van der Waals surface area contributed by atoms with Gasteiger partial charge in [0.05, 0.1) is 28.4 Å². The summed E-state index contributed by atoms with van der Waals surface area (Å²) in [6, 6.07) is 8.68. The topological polar surface area (TPSA) is 102 Å². The van der Waals surface area contributed by atoms with Crippen LogP contribution in [0.3, 0.4) is 0 Å². The Morgan fingerprint density at radius 2 is 0.915 bits per heavy atom. The molecule has 47 heavy (non-hydrogen) atoms. The third-order valence-corrected chi connectivity index (χ3v) is 11.0. The summed E-state index contributed by atoms with van der Waals surface area (Å²) in [6.45, 7) is 2.61. The van der Waals surface area contributed by atoms with Gasteiger partial charge in [0, 0.05) is 38.3 Å². The minimum absolute atomic E-state index is 0.0444. The number of benzene rings is 2. The molecule has 2 aliphatic carbocycles. The second-order valence-electron chi connectivity index (χ2n) is 13.9. The number of urea groups is 2. The van der Waals surface area contributed by atoms with Crippen LogP contribution in [0.2, 0.25) is 0 Å². The molecule has 2 aromatic rings. The lowest BCUT2D eigenvalue weighted by molar-refractivity contribution is 0.170. The van der Waals surface area contributed by atoms with Gasteiger partial charge in [0.25, 0.3) is 0 Å². The van der Waals surface area contributed by atoms with E-state index in [1.54, 1.807) is 28.4 Å². The molecule has 2 aliphatic heterocycles. The van der Waals surface area contributed by atoms with E-state index in [0.29, 0.717) is 37.7 Å². The normalized spacial score (nSPS) is 24.0. The number of amides is 4. The Balaban J connectivity index is 0.893. The fourth-order valence-electron chi connectivity index (χ4n) is 8.20. The van der Waals surface area contributed by atoms with Gasteiger partial charge < -0.3 is 39.4 Å². The second-order valence-corrected chi connectivity index (χ2v) is 13.9. The predicted octanol–water partition coefficient (Wildman–Crippen LogP) is 6.06. The summed E-state index contributed by atoms with van der Waals surface area (Å²) < 4.78 is 21.9. The number of carbonyl (C=O) groups excluding carboxylic acids is 2. The zero-order chi connectivity index (χ0) is 32.9. The van der Waals surface area contributed by atoms with Gasteiger partial charge in [-0.05, 0) is 129 Å². The number of nitrogens with zero attached hydrogens (tertiary/aromatic N) is 2. The van der Waals surface area contributed by atoms with Gasteiger partial charge in [-0.25, -0.2) is 9.59 Å². The van der Waals surface area contributed by atoms with Gasteiger partial charge in [0.1, 0.15) is 0 Å². The molecule has 0 atom stereocenters. The van der Waals surface area contributed by atoms with Crippen molar-refractivity contribution in [2.75, 3.05) is 41.5 Å². The van der Waals surface area contributed by atoms with Gasteiger partial charge in [0.15, 0.2) is 23.0 Å². The van der Waals surface area contributed by atoms with Crippen LogP contribution in [-0.4, -0.2) is 75.5 Å². The van der Waals surface area contributed by atoms with Crippen molar-refractivity contribution in [2.45, 2.75) is 95.8 Å². The van der Waals surface area contributed by atoms with Crippen LogP contribution < -0.4 is 29.6 Å². The molecule has 0 unspecified atom stereocenters. The number of hydrogen-bond acceptors (Lipinski definition) is 6. The summed E-state index contributed by atoms with van der Waals surface area (Å²) in [4.78, 5) is 30.2. The first-order valence-corrected chi connectivity index (χ1v) is 17.5. The lowest BCUT2D eigenvalue weighted by Crippen LogP contribution is -2.48. The summed E-state index contributed by atoms with van der Waals surface area (Å²) in [5.74, 6) is 4.35. The lowest BCUT2D eigenvalue weighted by atomic mass is 9.75. The summed E-state index contributed by atoms with van der Waals surface area (Å²) in [7, 11) is 6.60. The molecule has 2 aromatic carbocycles. The van der Waals surface area contributed by atoms with E-state index in [1.165, 1.54) is 43.2 Å². The Morgan fingerprint density at radius 3 is 1.26 bits per heavy atom. The molecule has 2 heterocycles. The fraction of sp³-hybridized carbons (Fsp3) is 0.622. The predicted molar refractivity (Wildman–Crippen MR) is 180 cm³/mol. The van der Waals surface area contributed by atoms with Crippen molar-refractivity contribution in [1.82, 2.24) is 20.4 Å². The minimum atomic E-state index is 0.0444. The second kappa shape index (κ2) is 14.9. The van der Waals surface area contributed by atoms with Gasteiger partial charge >= 0.3 is 12.1 Å². The van der Waals surface area contributed by atoms with Crippen LogP contribution in [0.5, 0.6) is 23.0 Å². The molecule has 4 amide bonds. The van der Waals surface area contributed by atoms with Crippen molar-refractivity contribution in [1.29, 1.82) is 0 Å². The molecule has 10 heteroatoms. The highest BCUT2D eigenvalue weighted by molar-refractivity contribution is 5.75. The van der Waals surface area contributed by atoms with E-state index in [-0.39, 0.29) is 24.1 Å². The fourth-order valence-corrected chi connectivity index (χ4v) is 8.20. The van der Waals surface area contributed by atoms with Crippen molar-refractivity contribution in [2.24, 2.45) is 11.8 Å². The Labute approximate surface area is 279 Å². The lowest BCUT2D eigenvalue weighted by Gasteiger charge is -2.36. The Bertz CT molecular complexity index is 1310. The maximum atomic E-state index is 13.2. The van der Waals surface area contributed by atoms with Crippen molar-refractivity contribution < 1.29 is 28.5 Å². The van der Waals surface area contributed by atoms with Crippen LogP contribution in [0.25, 0.3) is 0 Å². The molecule has 2 saturated carbocycles. The van der Waals surface area contributed by atoms with E-state index >= 15 is 0 Å². The first-order valence-electron chi connectivity index (χ1n) is 17.5. The number of carbonyl (C=O) groups is 2. The molecule has 2 N–H and O–H groups in total. The Hall–Kier alpha value is -3.82. The minimum Gasteiger partial charge on any atom is -0.493 e. The number of fused-ring (bicyclic) bond motifs is 2. The maximum Gasteiger partial charge on any atom is 0.317 e. The SMILES string of the molecule is COc1cc2c(cc1OC)CN(C(=O)NC1CCC(CC3CCC(NC(=O)N4CCc5cc(OC)c(OC)cc5C4)CC3)CC1)CC2. The van der Waals surface area contributed by atoms with Crippen molar-refractivity contribution in [3.05, 3.63) is 46.5 Å². The highest BCUT2D eigenvalue weighted by atomic mass is 16.5. The average Bonchev–Trinajstić information content (AvgIpc) is 3.11. The quantitative estimate of drug-likeness (QED) is 0.361. The van der Waals surface area contributed by atoms with Gasteiger partial charge in [-0.3, -0.25) is 0 Å². The zero-order valence-electron chi connectivity index (χ0n) is 28.6. The van der Waals surface area contributed by atoms with Gasteiger partial charge in [-0.15, -0.1) is 0 Å². The average molecular weight is 649 g/mol. The smallest absolute Gasteiger partial charge is 0.317 e. The number of hydrogen-bond donors (Lipinski definition) is 2.